The van der Waals surface area contributed by atoms with E-state index in [0.29, 0.717) is 4.57 Å². The first-order valence-electron chi connectivity index (χ1n) is 5.67. The molecule has 0 saturated carbocycles. The van der Waals surface area contributed by atoms with E-state index in [0.717, 1.165) is 6.20 Å². The molecule has 1 heterocycles. The van der Waals surface area contributed by atoms with Crippen LogP contribution in [0.25, 0.3) is 0 Å². The van der Waals surface area contributed by atoms with Gasteiger partial charge < -0.3 is 20.3 Å². The van der Waals surface area contributed by atoms with Gasteiger partial charge in [0, 0.05) is 6.20 Å². The lowest BCUT2D eigenvalue weighted by atomic mass is 10.4. The molecule has 0 unspecified atom stereocenters. The Bertz CT molecular complexity index is 539. The Morgan fingerprint density at radius 3 is 2.43 bits per heavy atom. The summed E-state index contributed by atoms with van der Waals surface area (Å²) in [6, 6.07) is 2.45. The second kappa shape index (κ2) is 6.77. The van der Waals surface area contributed by atoms with Crippen LogP contribution in [0.4, 0.5) is 13.2 Å². The third-order valence-corrected chi connectivity index (χ3v) is 2.26. The number of rotatable bonds is 6. The highest BCUT2D eigenvalue weighted by Crippen LogP contribution is 2.18. The Morgan fingerprint density at radius 1 is 1.19 bits per heavy atom. The number of carbonyl (C=O) groups excluding carboxylic acids is 2. The number of nitrogens with zero attached hydrogens (tertiary/aromatic N) is 1. The number of carboxylic acid groups (broad SMARTS) is 1. The zero-order valence-corrected chi connectivity index (χ0v) is 10.6. The van der Waals surface area contributed by atoms with Gasteiger partial charge in [-0.05, 0) is 12.1 Å². The number of nitrogens with one attached hydrogen (secondary N) is 2. The highest BCUT2D eigenvalue weighted by molar-refractivity contribution is 5.95. The molecule has 10 heteroatoms. The average Bonchev–Trinajstić information content (AvgIpc) is 2.79. The maximum absolute atomic E-state index is 12.3. The van der Waals surface area contributed by atoms with E-state index in [1.165, 1.54) is 12.1 Å². The van der Waals surface area contributed by atoms with Gasteiger partial charge >= 0.3 is 12.1 Å². The standard InChI is InChI=1S/C11H12F3N3O4/c12-11(13,14)6-17-3-1-2-7(17)10(21)16-4-8(18)15-5-9(19)20/h1-3H,4-6H2,(H,15,18)(H,16,21)(H,19,20). The van der Waals surface area contributed by atoms with Crippen molar-refractivity contribution in [3.05, 3.63) is 24.0 Å². The molecule has 0 aliphatic heterocycles. The lowest BCUT2D eigenvalue weighted by molar-refractivity contribution is -0.140. The van der Waals surface area contributed by atoms with Crippen molar-refractivity contribution in [3.63, 3.8) is 0 Å². The van der Waals surface area contributed by atoms with Crippen LogP contribution in [0.1, 0.15) is 10.5 Å². The predicted molar refractivity (Wildman–Crippen MR) is 63.5 cm³/mol. The Hall–Kier alpha value is -2.52. The fraction of sp³-hybridized carbons (Fsp3) is 0.364. The minimum absolute atomic E-state index is 0.252. The minimum Gasteiger partial charge on any atom is -0.480 e. The summed E-state index contributed by atoms with van der Waals surface area (Å²) in [5.41, 5.74) is -0.252. The van der Waals surface area contributed by atoms with E-state index in [9.17, 15) is 27.6 Å². The summed E-state index contributed by atoms with van der Waals surface area (Å²) in [6.45, 7) is -2.48. The first-order valence-corrected chi connectivity index (χ1v) is 5.67. The fourth-order valence-corrected chi connectivity index (χ4v) is 1.44. The van der Waals surface area contributed by atoms with Crippen molar-refractivity contribution < 1.29 is 32.7 Å². The molecule has 0 aliphatic rings. The molecule has 0 aromatic carbocycles. The number of alkyl halides is 3. The molecular weight excluding hydrogens is 295 g/mol. The van der Waals surface area contributed by atoms with Crippen LogP contribution in [0.5, 0.6) is 0 Å². The van der Waals surface area contributed by atoms with Crippen LogP contribution in [0.2, 0.25) is 0 Å². The fourth-order valence-electron chi connectivity index (χ4n) is 1.44. The third kappa shape index (κ3) is 5.97. The number of aromatic nitrogens is 1. The summed E-state index contributed by atoms with van der Waals surface area (Å²) >= 11 is 0. The summed E-state index contributed by atoms with van der Waals surface area (Å²) in [6.07, 6.45) is -3.39. The normalized spacial score (nSPS) is 11.0. The summed E-state index contributed by atoms with van der Waals surface area (Å²) in [5, 5.41) is 12.4. The van der Waals surface area contributed by atoms with Crippen LogP contribution in [-0.4, -0.2) is 46.7 Å². The van der Waals surface area contributed by atoms with E-state index < -0.39 is 43.6 Å². The van der Waals surface area contributed by atoms with E-state index in [-0.39, 0.29) is 5.69 Å². The van der Waals surface area contributed by atoms with Gasteiger partial charge in [0.15, 0.2) is 0 Å². The largest absolute Gasteiger partial charge is 0.480 e. The van der Waals surface area contributed by atoms with Crippen LogP contribution in [0.3, 0.4) is 0 Å². The number of carboxylic acids is 1. The Labute approximate surface area is 116 Å². The molecule has 1 rings (SSSR count). The molecule has 0 saturated heterocycles. The van der Waals surface area contributed by atoms with E-state index in [4.69, 9.17) is 5.11 Å². The van der Waals surface area contributed by atoms with Gasteiger partial charge in [0.05, 0.1) is 6.54 Å². The van der Waals surface area contributed by atoms with Crippen LogP contribution in [0, 0.1) is 0 Å². The molecule has 0 bridgehead atoms. The summed E-state index contributed by atoms with van der Waals surface area (Å²) in [5.74, 6) is -2.89. The van der Waals surface area contributed by atoms with Crippen LogP contribution in [-0.2, 0) is 16.1 Å². The van der Waals surface area contributed by atoms with Crippen molar-refractivity contribution >= 4 is 17.8 Å². The molecule has 1 aromatic rings. The molecule has 0 fully saturated rings. The second-order valence-corrected chi connectivity index (χ2v) is 3.99. The van der Waals surface area contributed by atoms with Gasteiger partial charge in [-0.2, -0.15) is 13.2 Å². The molecule has 3 N–H and O–H groups in total. The van der Waals surface area contributed by atoms with Gasteiger partial charge in [0.1, 0.15) is 18.8 Å². The molecule has 21 heavy (non-hydrogen) atoms. The molecule has 0 atom stereocenters. The number of hydrogen-bond acceptors (Lipinski definition) is 3. The average molecular weight is 307 g/mol. The highest BCUT2D eigenvalue weighted by atomic mass is 19.4. The van der Waals surface area contributed by atoms with Crippen LogP contribution < -0.4 is 10.6 Å². The Balaban J connectivity index is 2.55. The quantitative estimate of drug-likeness (QED) is 0.687. The molecule has 116 valence electrons. The topological polar surface area (TPSA) is 100 Å². The van der Waals surface area contributed by atoms with Gasteiger partial charge in [-0.15, -0.1) is 0 Å². The highest BCUT2D eigenvalue weighted by Gasteiger charge is 2.29. The Kier molecular flexibility index (Phi) is 5.33. The number of hydrogen-bond donors (Lipinski definition) is 3. The maximum atomic E-state index is 12.3. The zero-order chi connectivity index (χ0) is 16.0. The summed E-state index contributed by atoms with van der Waals surface area (Å²) in [7, 11) is 0. The maximum Gasteiger partial charge on any atom is 0.406 e. The first-order chi connectivity index (χ1) is 9.69. The second-order valence-electron chi connectivity index (χ2n) is 3.99. The smallest absolute Gasteiger partial charge is 0.406 e. The molecule has 0 spiro atoms. The Morgan fingerprint density at radius 2 is 1.86 bits per heavy atom. The molecular formula is C11H12F3N3O4. The van der Waals surface area contributed by atoms with E-state index >= 15 is 0 Å². The van der Waals surface area contributed by atoms with Crippen molar-refractivity contribution in [1.29, 1.82) is 0 Å². The predicted octanol–water partition coefficient (Wildman–Crippen LogP) is -0.0190. The van der Waals surface area contributed by atoms with E-state index in [2.05, 4.69) is 5.32 Å². The number of aliphatic carboxylic acids is 1. The molecule has 2 amide bonds. The van der Waals surface area contributed by atoms with Crippen molar-refractivity contribution in [1.82, 2.24) is 15.2 Å². The number of halogens is 3. The van der Waals surface area contributed by atoms with Crippen molar-refractivity contribution in [2.24, 2.45) is 0 Å². The lowest BCUT2D eigenvalue weighted by Crippen LogP contribution is -2.39. The van der Waals surface area contributed by atoms with Crippen molar-refractivity contribution in [2.45, 2.75) is 12.7 Å². The van der Waals surface area contributed by atoms with E-state index in [1.54, 1.807) is 0 Å². The monoisotopic (exact) mass is 307 g/mol. The summed E-state index contributed by atoms with van der Waals surface area (Å²) < 4.78 is 37.5. The first kappa shape index (κ1) is 16.5. The summed E-state index contributed by atoms with van der Waals surface area (Å²) in [4.78, 5) is 33.0. The van der Waals surface area contributed by atoms with Gasteiger partial charge in [-0.3, -0.25) is 14.4 Å². The van der Waals surface area contributed by atoms with Crippen LogP contribution >= 0.6 is 0 Å². The lowest BCUT2D eigenvalue weighted by Gasteiger charge is -2.11. The van der Waals surface area contributed by atoms with Crippen molar-refractivity contribution in [3.8, 4) is 0 Å². The number of amides is 2. The molecule has 1 aromatic heterocycles. The van der Waals surface area contributed by atoms with E-state index in [1.807, 2.05) is 5.32 Å². The van der Waals surface area contributed by atoms with Crippen LogP contribution in [0.15, 0.2) is 18.3 Å². The van der Waals surface area contributed by atoms with Crippen molar-refractivity contribution in [2.75, 3.05) is 13.1 Å². The van der Waals surface area contributed by atoms with Gasteiger partial charge in [0.25, 0.3) is 5.91 Å². The minimum atomic E-state index is -4.48. The molecule has 0 radical (unpaired) electrons. The van der Waals surface area contributed by atoms with Gasteiger partial charge in [0.2, 0.25) is 5.91 Å². The van der Waals surface area contributed by atoms with Gasteiger partial charge in [-0.25, -0.2) is 0 Å². The zero-order valence-electron chi connectivity index (χ0n) is 10.6. The SMILES string of the molecule is O=C(O)CNC(=O)CNC(=O)c1cccn1CC(F)(F)F. The molecule has 7 nitrogen and oxygen atoms in total. The van der Waals surface area contributed by atoms with Gasteiger partial charge in [-0.1, -0.05) is 0 Å². The third-order valence-electron chi connectivity index (χ3n) is 2.26. The number of carbonyl (C=O) groups is 3. The molecule has 0 aliphatic carbocycles.